The van der Waals surface area contributed by atoms with Crippen LogP contribution in [0.15, 0.2) is 59.6 Å². The molecule has 0 aromatic heterocycles. The van der Waals surface area contributed by atoms with E-state index >= 15 is 0 Å². The van der Waals surface area contributed by atoms with Gasteiger partial charge in [-0.25, -0.2) is 4.99 Å². The number of carbonyl (C=O) groups excluding carboxylic acids is 3. The molecule has 0 saturated carbocycles. The monoisotopic (exact) mass is 653 g/mol. The van der Waals surface area contributed by atoms with E-state index in [2.05, 4.69) is 15.6 Å². The van der Waals surface area contributed by atoms with Crippen LogP contribution in [0.5, 0.6) is 0 Å². The Morgan fingerprint density at radius 3 is 2.02 bits per heavy atom. The van der Waals surface area contributed by atoms with Crippen LogP contribution in [0.3, 0.4) is 0 Å². The van der Waals surface area contributed by atoms with Crippen LogP contribution in [0.2, 0.25) is 0 Å². The van der Waals surface area contributed by atoms with Crippen molar-refractivity contribution in [2.75, 3.05) is 31.7 Å². The zero-order valence-electron chi connectivity index (χ0n) is 25.3. The van der Waals surface area contributed by atoms with Gasteiger partial charge in [0, 0.05) is 42.9 Å². The number of amides is 3. The Bertz CT molecular complexity index is 1390. The molecule has 2 aromatic rings. The summed E-state index contributed by atoms with van der Waals surface area (Å²) in [4.78, 5) is 48.4. The highest BCUT2D eigenvalue weighted by molar-refractivity contribution is 6.20. The smallest absolute Gasteiger partial charge is 0.343 e. The summed E-state index contributed by atoms with van der Waals surface area (Å²) in [7, 11) is 1.45. The first-order valence-corrected chi connectivity index (χ1v) is 15.2. The first-order valence-electron chi connectivity index (χ1n) is 15.2. The summed E-state index contributed by atoms with van der Waals surface area (Å²) in [5.74, 6) is -6.42. The van der Waals surface area contributed by atoms with Crippen molar-refractivity contribution < 1.29 is 40.7 Å². The number of likely N-dealkylation sites (tertiary alicyclic amines) is 1. The van der Waals surface area contributed by atoms with E-state index in [9.17, 15) is 40.7 Å². The summed E-state index contributed by atoms with van der Waals surface area (Å²) < 4.78 is 80.3. The van der Waals surface area contributed by atoms with Gasteiger partial charge in [-0.15, -0.1) is 0 Å². The molecule has 0 unspecified atom stereocenters. The molecule has 3 amide bonds. The van der Waals surface area contributed by atoms with Gasteiger partial charge in [-0.2, -0.15) is 26.3 Å². The maximum absolute atomic E-state index is 13.8. The number of nitrogens with zero attached hydrogens (tertiary/aromatic N) is 3. The fourth-order valence-corrected chi connectivity index (χ4v) is 5.79. The molecular formula is C32H37F6N5O3. The number of rotatable bonds is 11. The summed E-state index contributed by atoms with van der Waals surface area (Å²) in [5.41, 5.74) is 1.92. The van der Waals surface area contributed by atoms with Crippen LogP contribution in [0.1, 0.15) is 56.1 Å². The number of benzodiazepines with no additional fused rings is 1. The van der Waals surface area contributed by atoms with Crippen LogP contribution in [0.4, 0.5) is 32.0 Å². The van der Waals surface area contributed by atoms with Gasteiger partial charge in [0.25, 0.3) is 5.91 Å². The van der Waals surface area contributed by atoms with Gasteiger partial charge in [0.05, 0.1) is 18.1 Å². The van der Waals surface area contributed by atoms with Gasteiger partial charge < -0.3 is 15.5 Å². The van der Waals surface area contributed by atoms with E-state index in [1.165, 1.54) is 11.9 Å². The van der Waals surface area contributed by atoms with Crippen molar-refractivity contribution in [3.63, 3.8) is 0 Å². The van der Waals surface area contributed by atoms with E-state index in [1.54, 1.807) is 54.6 Å². The van der Waals surface area contributed by atoms with Crippen LogP contribution >= 0.6 is 0 Å². The standard InChI is InChI=1S/C32H37F6N5O3/c1-42-25-13-7-6-12-24(25)26(21-10-4-2-5-11-21)40-27(30(42)46)41-29(45)23(15-17-32(36,37)38)22(14-16-31(33,34)35)28(44)39-20-43-18-8-3-9-19-43/h2,4-7,10-13,22-23,27H,3,8-9,14-20H2,1H3,(H,39,44)(H,41,45)/t22-,23+,27-/m1/s1. The topological polar surface area (TPSA) is 94.1 Å². The maximum atomic E-state index is 13.8. The number of carbonyl (C=O) groups is 3. The van der Waals surface area contributed by atoms with Crippen molar-refractivity contribution in [3.05, 3.63) is 65.7 Å². The molecule has 1 saturated heterocycles. The number of piperidine rings is 1. The molecule has 1 fully saturated rings. The number of likely N-dealkylation sites (N-methyl/N-ethyl adjacent to an activating group) is 1. The third-order valence-corrected chi connectivity index (χ3v) is 8.23. The molecule has 2 aliphatic heterocycles. The summed E-state index contributed by atoms with van der Waals surface area (Å²) >= 11 is 0. The molecule has 2 aromatic carbocycles. The van der Waals surface area contributed by atoms with Crippen LogP contribution in [-0.2, 0) is 14.4 Å². The molecule has 0 spiro atoms. The average Bonchev–Trinajstić information content (AvgIpc) is 3.12. The first kappa shape index (κ1) is 34.9. The number of hydrogen-bond acceptors (Lipinski definition) is 5. The Morgan fingerprint density at radius 2 is 1.41 bits per heavy atom. The molecule has 0 radical (unpaired) electrons. The molecule has 14 heteroatoms. The number of aliphatic imine (C=N–C) groups is 1. The largest absolute Gasteiger partial charge is 0.389 e. The molecule has 0 aliphatic carbocycles. The molecule has 2 aliphatic rings. The van der Waals surface area contributed by atoms with Crippen molar-refractivity contribution in [1.82, 2.24) is 15.5 Å². The zero-order chi connectivity index (χ0) is 33.5. The minimum Gasteiger partial charge on any atom is -0.343 e. The van der Waals surface area contributed by atoms with Crippen LogP contribution in [-0.4, -0.2) is 73.7 Å². The Kier molecular flexibility index (Phi) is 11.5. The Morgan fingerprint density at radius 1 is 0.848 bits per heavy atom. The predicted molar refractivity (Wildman–Crippen MR) is 160 cm³/mol. The van der Waals surface area contributed by atoms with E-state index in [1.807, 2.05) is 4.90 Å². The number of anilines is 1. The lowest BCUT2D eigenvalue weighted by atomic mass is 9.83. The normalized spacial score (nSPS) is 19.0. The molecule has 2 heterocycles. The fourth-order valence-electron chi connectivity index (χ4n) is 5.79. The van der Waals surface area contributed by atoms with E-state index in [-0.39, 0.29) is 6.67 Å². The Labute approximate surface area is 263 Å². The maximum Gasteiger partial charge on any atom is 0.389 e. The summed E-state index contributed by atoms with van der Waals surface area (Å²) in [6.45, 7) is 1.28. The van der Waals surface area contributed by atoms with Gasteiger partial charge in [0.1, 0.15) is 0 Å². The number of benzene rings is 2. The average molecular weight is 654 g/mol. The lowest BCUT2D eigenvalue weighted by molar-refractivity contribution is -0.153. The number of para-hydroxylation sites is 1. The molecular weight excluding hydrogens is 616 g/mol. The zero-order valence-corrected chi connectivity index (χ0v) is 25.3. The second kappa shape index (κ2) is 15.1. The third-order valence-electron chi connectivity index (χ3n) is 8.23. The van der Waals surface area contributed by atoms with Gasteiger partial charge >= 0.3 is 12.4 Å². The van der Waals surface area contributed by atoms with Crippen LogP contribution in [0.25, 0.3) is 0 Å². The molecule has 3 atom stereocenters. The van der Waals surface area contributed by atoms with E-state index in [0.29, 0.717) is 35.6 Å². The van der Waals surface area contributed by atoms with Gasteiger partial charge in [-0.05, 0) is 44.8 Å². The Balaban J connectivity index is 1.67. The second-order valence-corrected chi connectivity index (χ2v) is 11.6. The minimum atomic E-state index is -4.75. The van der Waals surface area contributed by atoms with Gasteiger partial charge in [0.15, 0.2) is 0 Å². The highest BCUT2D eigenvalue weighted by Gasteiger charge is 2.41. The molecule has 250 valence electrons. The van der Waals surface area contributed by atoms with Crippen LogP contribution < -0.4 is 15.5 Å². The van der Waals surface area contributed by atoms with Crippen molar-refractivity contribution in [3.8, 4) is 0 Å². The molecule has 0 bridgehead atoms. The van der Waals surface area contributed by atoms with Crippen molar-refractivity contribution in [1.29, 1.82) is 0 Å². The van der Waals surface area contributed by atoms with Crippen molar-refractivity contribution in [2.45, 2.75) is 63.5 Å². The number of nitrogens with one attached hydrogen (secondary N) is 2. The van der Waals surface area contributed by atoms with Crippen molar-refractivity contribution in [2.24, 2.45) is 16.8 Å². The highest BCUT2D eigenvalue weighted by Crippen LogP contribution is 2.34. The van der Waals surface area contributed by atoms with E-state index in [0.717, 1.165) is 19.3 Å². The molecule has 46 heavy (non-hydrogen) atoms. The fraction of sp³-hybridized carbons (Fsp3) is 0.500. The third kappa shape index (κ3) is 9.54. The summed E-state index contributed by atoms with van der Waals surface area (Å²) in [6, 6.07) is 15.5. The summed E-state index contributed by atoms with van der Waals surface area (Å²) in [6.07, 6.45) is -13.3. The van der Waals surface area contributed by atoms with Crippen molar-refractivity contribution >= 4 is 29.1 Å². The lowest BCUT2D eigenvalue weighted by Crippen LogP contribution is -2.51. The van der Waals surface area contributed by atoms with E-state index < -0.39 is 73.8 Å². The number of alkyl halides is 6. The quantitative estimate of drug-likeness (QED) is 0.317. The lowest BCUT2D eigenvalue weighted by Gasteiger charge is -2.30. The Hall–Kier alpha value is -3.94. The van der Waals surface area contributed by atoms with Gasteiger partial charge in [0.2, 0.25) is 18.0 Å². The molecule has 8 nitrogen and oxygen atoms in total. The minimum absolute atomic E-state index is 0.0101. The number of hydrogen-bond donors (Lipinski definition) is 2. The van der Waals surface area contributed by atoms with Gasteiger partial charge in [-0.3, -0.25) is 19.3 Å². The second-order valence-electron chi connectivity index (χ2n) is 11.6. The first-order chi connectivity index (χ1) is 21.7. The SMILES string of the molecule is CN1C(=O)[C@@H](NC(=O)[C@@H](CCC(F)(F)F)[C@@H](CCC(F)(F)F)C(=O)NCN2CCCCC2)N=C(c2ccccc2)c2ccccc21. The molecule has 4 rings (SSSR count). The number of halogens is 6. The molecule has 2 N–H and O–H groups in total. The van der Waals surface area contributed by atoms with E-state index in [4.69, 9.17) is 0 Å². The van der Waals surface area contributed by atoms with Crippen LogP contribution in [0, 0.1) is 11.8 Å². The predicted octanol–water partition coefficient (Wildman–Crippen LogP) is 5.42. The number of fused-ring (bicyclic) bond motifs is 1. The summed E-state index contributed by atoms with van der Waals surface area (Å²) in [5, 5.41) is 4.94. The highest BCUT2D eigenvalue weighted by atomic mass is 19.4. The van der Waals surface area contributed by atoms with Gasteiger partial charge in [-0.1, -0.05) is 55.0 Å².